The Morgan fingerprint density at radius 1 is 0.912 bits per heavy atom. The van der Waals surface area contributed by atoms with Crippen molar-refractivity contribution in [3.05, 3.63) is 22.0 Å². The summed E-state index contributed by atoms with van der Waals surface area (Å²) in [6, 6.07) is 4.26. The maximum Gasteiger partial charge on any atom is 0.315 e. The average Bonchev–Trinajstić information content (AvgIpc) is 3.98. The summed E-state index contributed by atoms with van der Waals surface area (Å²) in [4.78, 5) is 50.2. The number of urea groups is 1. The van der Waals surface area contributed by atoms with Crippen molar-refractivity contribution in [2.75, 3.05) is 84.2 Å². The zero-order valence-corrected chi connectivity index (χ0v) is 35.4. The molecule has 2 fully saturated rings. The van der Waals surface area contributed by atoms with Crippen LogP contribution in [-0.2, 0) is 35.1 Å². The number of amides is 4. The number of hydrogen-bond donors (Lipinski definition) is 5. The van der Waals surface area contributed by atoms with E-state index in [1.807, 2.05) is 28.5 Å². The SMILES string of the molecule is Nc1ncnc2c1nc(Sc1cc3c(cc1I)OCO3)n2CCCNC(=O)CCOCCOCCOCCOCCNC(=O)CCCCC1SCC2NC(=O)NC21. The Morgan fingerprint density at radius 3 is 2.40 bits per heavy atom. The monoisotopic (exact) mass is 943 g/mol. The van der Waals surface area contributed by atoms with E-state index in [1.54, 1.807) is 0 Å². The van der Waals surface area contributed by atoms with E-state index in [0.717, 1.165) is 39.2 Å². The molecule has 5 heterocycles. The van der Waals surface area contributed by atoms with Crippen molar-refractivity contribution in [2.45, 2.75) is 72.5 Å². The lowest BCUT2D eigenvalue weighted by Crippen LogP contribution is -2.36. The van der Waals surface area contributed by atoms with Gasteiger partial charge < -0.3 is 60.0 Å². The topological polar surface area (TPSA) is 224 Å². The van der Waals surface area contributed by atoms with Crippen molar-refractivity contribution in [3.8, 4) is 11.5 Å². The van der Waals surface area contributed by atoms with Crippen molar-refractivity contribution in [1.82, 2.24) is 40.8 Å². The fourth-order valence-corrected chi connectivity index (χ4v) is 9.65. The number of halogens is 1. The summed E-state index contributed by atoms with van der Waals surface area (Å²) in [6.07, 6.45) is 5.60. The second kappa shape index (κ2) is 22.7. The molecule has 3 aliphatic rings. The van der Waals surface area contributed by atoms with Crippen LogP contribution in [0.1, 0.15) is 38.5 Å². The molecule has 6 rings (SSSR count). The fourth-order valence-electron chi connectivity index (χ4n) is 6.39. The van der Waals surface area contributed by atoms with Crippen LogP contribution in [0.25, 0.3) is 11.2 Å². The van der Waals surface area contributed by atoms with Gasteiger partial charge in [0.15, 0.2) is 33.6 Å². The normalized spacial score (nSPS) is 18.1. The number of nitrogen functional groups attached to an aromatic ring is 1. The number of aromatic nitrogens is 4. The fraction of sp³-hybridized carbons (Fsp3) is 0.611. The van der Waals surface area contributed by atoms with Gasteiger partial charge in [0.2, 0.25) is 18.6 Å². The number of thioether (sulfide) groups is 1. The highest BCUT2D eigenvalue weighted by molar-refractivity contribution is 14.1. The first-order valence-electron chi connectivity index (χ1n) is 19.1. The van der Waals surface area contributed by atoms with Gasteiger partial charge in [-0.2, -0.15) is 11.8 Å². The zero-order chi connectivity index (χ0) is 39.8. The number of fused-ring (bicyclic) bond motifs is 3. The highest BCUT2D eigenvalue weighted by atomic mass is 127. The minimum atomic E-state index is -0.0938. The van der Waals surface area contributed by atoms with Gasteiger partial charge in [-0.3, -0.25) is 9.59 Å². The van der Waals surface area contributed by atoms with E-state index in [-0.39, 0.29) is 43.1 Å². The van der Waals surface area contributed by atoms with Crippen LogP contribution in [0.15, 0.2) is 28.5 Å². The van der Waals surface area contributed by atoms with Crippen LogP contribution in [0.3, 0.4) is 0 Å². The number of carbonyl (C=O) groups is 3. The Kier molecular flexibility index (Phi) is 17.2. The molecule has 0 radical (unpaired) electrons. The van der Waals surface area contributed by atoms with Gasteiger partial charge in [-0.25, -0.2) is 19.7 Å². The molecule has 6 N–H and O–H groups in total. The van der Waals surface area contributed by atoms with E-state index in [9.17, 15) is 14.4 Å². The van der Waals surface area contributed by atoms with Gasteiger partial charge in [-0.15, -0.1) is 0 Å². The highest BCUT2D eigenvalue weighted by Gasteiger charge is 2.42. The van der Waals surface area contributed by atoms with E-state index < -0.39 is 0 Å². The Labute approximate surface area is 353 Å². The number of hydrogen-bond acceptors (Lipinski definition) is 15. The van der Waals surface area contributed by atoms with E-state index in [1.165, 1.54) is 18.1 Å². The lowest BCUT2D eigenvalue weighted by atomic mass is 10.0. The number of unbranched alkanes of at least 4 members (excludes halogenated alkanes) is 1. The summed E-state index contributed by atoms with van der Waals surface area (Å²) in [5.74, 6) is 2.60. The van der Waals surface area contributed by atoms with E-state index in [2.05, 4.69) is 53.8 Å². The number of anilines is 1. The maximum absolute atomic E-state index is 12.4. The number of carbonyl (C=O) groups excluding carboxylic acids is 3. The van der Waals surface area contributed by atoms with Crippen LogP contribution in [0.4, 0.5) is 10.6 Å². The zero-order valence-electron chi connectivity index (χ0n) is 31.6. The van der Waals surface area contributed by atoms with Crippen LogP contribution >= 0.6 is 46.1 Å². The molecule has 2 aromatic heterocycles. The summed E-state index contributed by atoms with van der Waals surface area (Å²) >= 11 is 5.64. The van der Waals surface area contributed by atoms with Crippen molar-refractivity contribution < 1.29 is 42.8 Å². The second-order valence-electron chi connectivity index (χ2n) is 13.3. The number of aryl methyl sites for hydroxylation is 1. The lowest BCUT2D eigenvalue weighted by molar-refractivity contribution is -0.122. The number of nitrogens with zero attached hydrogens (tertiary/aromatic N) is 4. The number of nitrogens with two attached hydrogens (primary N) is 1. The standard InChI is InChI=1S/C36H50IN9O9S2/c37-23-18-25-26(55-22-54-25)19-28(23)57-36-45-32-33(38)41-21-42-34(32)46(36)9-3-7-39-30(48)6-10-50-12-14-52-16-17-53-15-13-51-11-8-40-29(47)5-2-1-4-27-31-24(20-56-27)43-35(49)44-31/h18-19,21,24,27,31H,1-17,20,22H2,(H,39,48)(H,40,47)(H2,38,41,42)(H2,43,44,49). The van der Waals surface area contributed by atoms with Crippen molar-refractivity contribution in [3.63, 3.8) is 0 Å². The molecule has 2 saturated heterocycles. The van der Waals surface area contributed by atoms with Crippen molar-refractivity contribution in [2.24, 2.45) is 0 Å². The Hall–Kier alpha value is -3.35. The van der Waals surface area contributed by atoms with Crippen LogP contribution < -0.4 is 36.5 Å². The van der Waals surface area contributed by atoms with Crippen LogP contribution in [0.2, 0.25) is 0 Å². The molecule has 4 amide bonds. The molecule has 21 heteroatoms. The quantitative estimate of drug-likeness (QED) is 0.0444. The Balaban J connectivity index is 0.723. The van der Waals surface area contributed by atoms with Crippen molar-refractivity contribution in [1.29, 1.82) is 0 Å². The predicted molar refractivity (Wildman–Crippen MR) is 222 cm³/mol. The van der Waals surface area contributed by atoms with Gasteiger partial charge in [0.05, 0.1) is 64.9 Å². The Bertz CT molecular complexity index is 1810. The molecule has 3 aliphatic heterocycles. The predicted octanol–water partition coefficient (Wildman–Crippen LogP) is 2.70. The summed E-state index contributed by atoms with van der Waals surface area (Å²) < 4.78 is 36.2. The lowest BCUT2D eigenvalue weighted by Gasteiger charge is -2.16. The molecule has 3 atom stereocenters. The molecule has 18 nitrogen and oxygen atoms in total. The average molecular weight is 944 g/mol. The molecule has 0 spiro atoms. The number of rotatable bonds is 26. The van der Waals surface area contributed by atoms with Gasteiger partial charge in [0, 0.05) is 51.9 Å². The number of imidazole rings is 1. The summed E-state index contributed by atoms with van der Waals surface area (Å²) in [5, 5.41) is 12.9. The maximum atomic E-state index is 12.4. The molecule has 1 aromatic carbocycles. The minimum Gasteiger partial charge on any atom is -0.454 e. The van der Waals surface area contributed by atoms with Gasteiger partial charge in [-0.05, 0) is 54.0 Å². The second-order valence-corrected chi connectivity index (χ2v) is 16.8. The number of ether oxygens (including phenoxy) is 6. The van der Waals surface area contributed by atoms with Gasteiger partial charge in [-0.1, -0.05) is 18.2 Å². The van der Waals surface area contributed by atoms with Gasteiger partial charge in [0.1, 0.15) is 6.33 Å². The highest BCUT2D eigenvalue weighted by Crippen LogP contribution is 2.41. The third-order valence-corrected chi connectivity index (χ3v) is 13.1. The van der Waals surface area contributed by atoms with Crippen LogP contribution in [0, 0.1) is 3.57 Å². The molecule has 3 unspecified atom stereocenters. The first kappa shape index (κ1) is 43.2. The minimum absolute atomic E-state index is 0.0286. The third kappa shape index (κ3) is 13.1. The number of benzene rings is 1. The van der Waals surface area contributed by atoms with E-state index in [0.29, 0.717) is 118 Å². The first-order valence-corrected chi connectivity index (χ1v) is 22.1. The molecule has 0 aliphatic carbocycles. The number of nitrogens with one attached hydrogen (secondary N) is 4. The van der Waals surface area contributed by atoms with Crippen molar-refractivity contribution >= 4 is 80.9 Å². The molecule has 57 heavy (non-hydrogen) atoms. The molecule has 0 bridgehead atoms. The molecular weight excluding hydrogens is 893 g/mol. The molecule has 0 saturated carbocycles. The summed E-state index contributed by atoms with van der Waals surface area (Å²) in [7, 11) is 0. The third-order valence-electron chi connectivity index (χ3n) is 9.27. The largest absolute Gasteiger partial charge is 0.454 e. The van der Waals surface area contributed by atoms with Gasteiger partial charge in [0.25, 0.3) is 0 Å². The molecular formula is C36H50IN9O9S2. The summed E-state index contributed by atoms with van der Waals surface area (Å²) in [6.45, 7) is 4.90. The van der Waals surface area contributed by atoms with E-state index >= 15 is 0 Å². The molecule has 3 aromatic rings. The van der Waals surface area contributed by atoms with Gasteiger partial charge >= 0.3 is 6.03 Å². The van der Waals surface area contributed by atoms with Crippen LogP contribution in [0.5, 0.6) is 11.5 Å². The molecule has 312 valence electrons. The summed E-state index contributed by atoms with van der Waals surface area (Å²) in [5.41, 5.74) is 7.28. The first-order chi connectivity index (χ1) is 27.9. The Morgan fingerprint density at radius 2 is 1.61 bits per heavy atom. The van der Waals surface area contributed by atoms with Crippen LogP contribution in [-0.4, -0.2) is 133 Å². The smallest absolute Gasteiger partial charge is 0.315 e. The van der Waals surface area contributed by atoms with E-state index in [4.69, 9.17) is 39.1 Å².